The zero-order valence-corrected chi connectivity index (χ0v) is 12.9. The van der Waals surface area contributed by atoms with E-state index in [0.717, 1.165) is 6.26 Å². The van der Waals surface area contributed by atoms with Crippen molar-refractivity contribution in [2.75, 3.05) is 18.6 Å². The molecule has 0 radical (unpaired) electrons. The zero-order valence-electron chi connectivity index (χ0n) is 11.3. The van der Waals surface area contributed by atoms with E-state index in [1.807, 2.05) is 0 Å². The van der Waals surface area contributed by atoms with Crippen molar-refractivity contribution in [1.29, 1.82) is 0 Å². The van der Waals surface area contributed by atoms with Crippen LogP contribution >= 0.6 is 0 Å². The molecular weight excluding hydrogens is 314 g/mol. The van der Waals surface area contributed by atoms with Gasteiger partial charge in [-0.05, 0) is 12.1 Å². The number of rotatable bonds is 5. The molecule has 2 aromatic carbocycles. The molecule has 0 atom stereocenters. The molecule has 0 saturated carbocycles. The third-order valence-corrected chi connectivity index (χ3v) is 4.74. The van der Waals surface area contributed by atoms with Gasteiger partial charge in [-0.2, -0.15) is 0 Å². The van der Waals surface area contributed by atoms with Gasteiger partial charge in [0.15, 0.2) is 9.84 Å². The average molecular weight is 329 g/mol. The van der Waals surface area contributed by atoms with Crippen molar-refractivity contribution < 1.29 is 21.6 Å². The van der Waals surface area contributed by atoms with Crippen LogP contribution in [-0.4, -0.2) is 35.5 Å². The van der Waals surface area contributed by atoms with Gasteiger partial charge in [0.25, 0.3) is 0 Å². The van der Waals surface area contributed by atoms with Crippen LogP contribution in [0.5, 0.6) is 5.75 Å². The topological polar surface area (TPSA) is 104 Å². The van der Waals surface area contributed by atoms with E-state index >= 15 is 0 Å². The molecule has 0 fully saturated rings. The van der Waals surface area contributed by atoms with Crippen molar-refractivity contribution >= 4 is 30.6 Å². The molecule has 2 N–H and O–H groups in total. The summed E-state index contributed by atoms with van der Waals surface area (Å²) in [5.74, 6) is 0.305. The van der Waals surface area contributed by atoms with E-state index in [9.17, 15) is 16.8 Å². The van der Waals surface area contributed by atoms with Gasteiger partial charge in [-0.1, -0.05) is 24.3 Å². The molecule has 0 aromatic heterocycles. The molecular formula is C13H15NO5S2. The maximum atomic E-state index is 11.6. The second-order valence-electron chi connectivity index (χ2n) is 4.63. The number of nitrogens with two attached hydrogens (primary N) is 1. The fourth-order valence-corrected chi connectivity index (χ4v) is 3.05. The monoisotopic (exact) mass is 329 g/mol. The number of primary sulfonamides is 1. The molecule has 0 bridgehead atoms. The number of hydrogen-bond acceptors (Lipinski definition) is 5. The van der Waals surface area contributed by atoms with Crippen LogP contribution in [0.3, 0.4) is 0 Å². The van der Waals surface area contributed by atoms with Crippen molar-refractivity contribution in [1.82, 2.24) is 0 Å². The van der Waals surface area contributed by atoms with Crippen LogP contribution in [0.25, 0.3) is 10.8 Å². The third kappa shape index (κ3) is 3.93. The summed E-state index contributed by atoms with van der Waals surface area (Å²) in [7, 11) is -6.96. The largest absolute Gasteiger partial charge is 0.492 e. The molecule has 0 unspecified atom stereocenters. The summed E-state index contributed by atoms with van der Waals surface area (Å²) in [5, 5.41) is 6.19. The highest BCUT2D eigenvalue weighted by Gasteiger charge is 2.15. The number of sulfonamides is 1. The van der Waals surface area contributed by atoms with Gasteiger partial charge in [0, 0.05) is 17.0 Å². The van der Waals surface area contributed by atoms with Gasteiger partial charge in [-0.15, -0.1) is 0 Å². The van der Waals surface area contributed by atoms with Gasteiger partial charge < -0.3 is 4.74 Å². The Morgan fingerprint density at radius 3 is 2.19 bits per heavy atom. The Bertz CT molecular complexity index is 873. The number of benzene rings is 2. The molecule has 0 saturated heterocycles. The van der Waals surface area contributed by atoms with Crippen LogP contribution in [0.4, 0.5) is 0 Å². The molecule has 0 aliphatic heterocycles. The highest BCUT2D eigenvalue weighted by Crippen LogP contribution is 2.30. The van der Waals surface area contributed by atoms with Crippen LogP contribution in [0.15, 0.2) is 41.3 Å². The van der Waals surface area contributed by atoms with Gasteiger partial charge >= 0.3 is 0 Å². The van der Waals surface area contributed by atoms with E-state index in [1.165, 1.54) is 12.1 Å². The molecule has 0 heterocycles. The van der Waals surface area contributed by atoms with Crippen molar-refractivity contribution in [3.05, 3.63) is 36.4 Å². The molecule has 0 aliphatic carbocycles. The standard InChI is InChI=1S/C13H15NO5S2/c1-20(15,16)9-8-19-12-6-7-13(21(14,17)18)11-5-3-2-4-10(11)12/h2-7H,8-9H2,1H3,(H2,14,17,18). The smallest absolute Gasteiger partial charge is 0.238 e. The highest BCUT2D eigenvalue weighted by atomic mass is 32.2. The number of hydrogen-bond donors (Lipinski definition) is 1. The summed E-state index contributed by atoms with van der Waals surface area (Å²) in [4.78, 5) is 0.00793. The molecule has 6 nitrogen and oxygen atoms in total. The minimum Gasteiger partial charge on any atom is -0.492 e. The van der Waals surface area contributed by atoms with Gasteiger partial charge in [0.1, 0.15) is 12.4 Å². The van der Waals surface area contributed by atoms with Crippen molar-refractivity contribution in [3.63, 3.8) is 0 Å². The SMILES string of the molecule is CS(=O)(=O)CCOc1ccc(S(N)(=O)=O)c2ccccc12. The third-order valence-electron chi connectivity index (χ3n) is 2.86. The van der Waals surface area contributed by atoms with Crippen LogP contribution in [0.1, 0.15) is 0 Å². The summed E-state index contributed by atoms with van der Waals surface area (Å²) < 4.78 is 50.8. The molecule has 2 rings (SSSR count). The molecule has 0 amide bonds. The van der Waals surface area contributed by atoms with Gasteiger partial charge in [0.2, 0.25) is 10.0 Å². The van der Waals surface area contributed by atoms with Crippen molar-refractivity contribution in [2.45, 2.75) is 4.90 Å². The Balaban J connectivity index is 2.44. The lowest BCUT2D eigenvalue weighted by molar-refractivity contribution is 0.345. The van der Waals surface area contributed by atoms with Gasteiger partial charge in [-0.3, -0.25) is 0 Å². The Morgan fingerprint density at radius 2 is 1.62 bits per heavy atom. The maximum absolute atomic E-state index is 11.6. The number of sulfone groups is 1. The second-order valence-corrected chi connectivity index (χ2v) is 8.42. The van der Waals surface area contributed by atoms with Crippen LogP contribution in [0.2, 0.25) is 0 Å². The van der Waals surface area contributed by atoms with Gasteiger partial charge in [-0.25, -0.2) is 22.0 Å². The number of ether oxygens (including phenoxy) is 1. The summed E-state index contributed by atoms with van der Waals surface area (Å²) in [6, 6.07) is 9.58. The summed E-state index contributed by atoms with van der Waals surface area (Å²) in [6.45, 7) is -0.00243. The van der Waals surface area contributed by atoms with E-state index in [-0.39, 0.29) is 17.3 Å². The maximum Gasteiger partial charge on any atom is 0.238 e. The molecule has 114 valence electrons. The van der Waals surface area contributed by atoms with E-state index in [4.69, 9.17) is 9.88 Å². The minimum absolute atomic E-state index is 0.00243. The van der Waals surface area contributed by atoms with E-state index in [0.29, 0.717) is 16.5 Å². The van der Waals surface area contributed by atoms with E-state index < -0.39 is 19.9 Å². The molecule has 8 heteroatoms. The summed E-state index contributed by atoms with van der Waals surface area (Å²) in [5.41, 5.74) is 0. The Labute approximate surface area is 123 Å². The normalized spacial score (nSPS) is 12.5. The second kappa shape index (κ2) is 5.63. The predicted octanol–water partition coefficient (Wildman–Crippen LogP) is 0.911. The summed E-state index contributed by atoms with van der Waals surface area (Å²) in [6.07, 6.45) is 1.12. The molecule has 2 aromatic rings. The first-order valence-corrected chi connectivity index (χ1v) is 9.64. The lowest BCUT2D eigenvalue weighted by Gasteiger charge is -2.11. The van der Waals surface area contributed by atoms with E-state index in [2.05, 4.69) is 0 Å². The Kier molecular flexibility index (Phi) is 4.22. The highest BCUT2D eigenvalue weighted by molar-refractivity contribution is 7.90. The van der Waals surface area contributed by atoms with Gasteiger partial charge in [0.05, 0.1) is 10.6 Å². The van der Waals surface area contributed by atoms with Crippen LogP contribution in [-0.2, 0) is 19.9 Å². The van der Waals surface area contributed by atoms with Crippen molar-refractivity contribution in [2.24, 2.45) is 5.14 Å². The quantitative estimate of drug-likeness (QED) is 0.878. The lowest BCUT2D eigenvalue weighted by atomic mass is 10.1. The zero-order chi connectivity index (χ0) is 15.7. The molecule has 0 spiro atoms. The average Bonchev–Trinajstić information content (AvgIpc) is 2.36. The van der Waals surface area contributed by atoms with E-state index in [1.54, 1.807) is 24.3 Å². The number of fused-ring (bicyclic) bond motifs is 1. The first-order valence-electron chi connectivity index (χ1n) is 6.03. The minimum atomic E-state index is -3.84. The summed E-state index contributed by atoms with van der Waals surface area (Å²) >= 11 is 0. The first-order chi connectivity index (χ1) is 9.68. The van der Waals surface area contributed by atoms with Crippen LogP contribution < -0.4 is 9.88 Å². The first kappa shape index (κ1) is 15.7. The fourth-order valence-electron chi connectivity index (χ4n) is 1.92. The Morgan fingerprint density at radius 1 is 1.00 bits per heavy atom. The van der Waals surface area contributed by atoms with Crippen molar-refractivity contribution in [3.8, 4) is 5.75 Å². The fraction of sp³-hybridized carbons (Fsp3) is 0.231. The van der Waals surface area contributed by atoms with Crippen LogP contribution in [0, 0.1) is 0 Å². The molecule has 21 heavy (non-hydrogen) atoms. The predicted molar refractivity (Wildman–Crippen MR) is 80.5 cm³/mol. The Hall–Kier alpha value is -1.64. The molecule has 0 aliphatic rings. The lowest BCUT2D eigenvalue weighted by Crippen LogP contribution is -2.14.